The molecule has 7 heteroatoms. The quantitative estimate of drug-likeness (QED) is 0.862. The minimum Gasteiger partial charge on any atom is -0.476 e. The van der Waals surface area contributed by atoms with Gasteiger partial charge in [-0.05, 0) is 12.8 Å². The molecule has 21 heavy (non-hydrogen) atoms. The first-order chi connectivity index (χ1) is 10.1. The number of aromatic nitrogens is 2. The Labute approximate surface area is 124 Å². The first kappa shape index (κ1) is 15.3. The fourth-order valence-electron chi connectivity index (χ4n) is 2.64. The van der Waals surface area contributed by atoms with Crippen LogP contribution in [0.5, 0.6) is 0 Å². The van der Waals surface area contributed by atoms with Crippen LogP contribution in [0, 0.1) is 0 Å². The summed E-state index contributed by atoms with van der Waals surface area (Å²) in [6, 6.07) is 0.270. The Morgan fingerprint density at radius 2 is 2.14 bits per heavy atom. The summed E-state index contributed by atoms with van der Waals surface area (Å²) in [5, 5.41) is 11.6. The number of aromatic carboxylic acids is 1. The highest BCUT2D eigenvalue weighted by Gasteiger charge is 2.21. The summed E-state index contributed by atoms with van der Waals surface area (Å²) in [5.74, 6) is -1.05. The Bertz CT molecular complexity index is 494. The van der Waals surface area contributed by atoms with Crippen molar-refractivity contribution in [3.8, 4) is 0 Å². The molecule has 116 valence electrons. The molecule has 0 atom stereocenters. The van der Waals surface area contributed by atoms with Gasteiger partial charge >= 0.3 is 12.0 Å². The maximum absolute atomic E-state index is 12.0. The molecule has 1 aromatic heterocycles. The molecule has 1 saturated carbocycles. The van der Waals surface area contributed by atoms with E-state index in [-0.39, 0.29) is 11.7 Å². The first-order valence-electron chi connectivity index (χ1n) is 7.33. The van der Waals surface area contributed by atoms with Gasteiger partial charge in [-0.2, -0.15) is 0 Å². The third-order valence-electron chi connectivity index (χ3n) is 3.94. The number of carboxylic acid groups (broad SMARTS) is 1. The summed E-state index contributed by atoms with van der Waals surface area (Å²) < 4.78 is 1.66. The molecule has 0 bridgehead atoms. The van der Waals surface area contributed by atoms with Crippen LogP contribution in [-0.2, 0) is 6.54 Å². The van der Waals surface area contributed by atoms with Gasteiger partial charge in [0, 0.05) is 32.4 Å². The van der Waals surface area contributed by atoms with Crippen LogP contribution < -0.4 is 5.32 Å². The summed E-state index contributed by atoms with van der Waals surface area (Å²) in [7, 11) is 1.84. The van der Waals surface area contributed by atoms with Gasteiger partial charge in [0.05, 0.1) is 6.33 Å². The number of nitrogens with one attached hydrogen (secondary N) is 1. The number of carbonyl (C=O) groups excluding carboxylic acids is 1. The normalized spacial score (nSPS) is 15.7. The van der Waals surface area contributed by atoms with Crippen LogP contribution in [0.2, 0.25) is 0 Å². The first-order valence-corrected chi connectivity index (χ1v) is 7.33. The number of carbonyl (C=O) groups is 2. The number of hydrogen-bond donors (Lipinski definition) is 2. The van der Waals surface area contributed by atoms with E-state index >= 15 is 0 Å². The van der Waals surface area contributed by atoms with Crippen molar-refractivity contribution in [2.24, 2.45) is 0 Å². The van der Waals surface area contributed by atoms with E-state index in [9.17, 15) is 9.59 Å². The van der Waals surface area contributed by atoms with Gasteiger partial charge in [0.25, 0.3) is 0 Å². The van der Waals surface area contributed by atoms with E-state index < -0.39 is 5.97 Å². The molecule has 1 aliphatic carbocycles. The molecule has 2 amide bonds. The van der Waals surface area contributed by atoms with Gasteiger partial charge in [0.1, 0.15) is 0 Å². The van der Waals surface area contributed by atoms with Crippen molar-refractivity contribution in [3.63, 3.8) is 0 Å². The molecule has 0 aromatic carbocycles. The van der Waals surface area contributed by atoms with Crippen molar-refractivity contribution in [1.82, 2.24) is 19.8 Å². The summed E-state index contributed by atoms with van der Waals surface area (Å²) >= 11 is 0. The van der Waals surface area contributed by atoms with E-state index in [0.717, 1.165) is 12.8 Å². The molecule has 1 heterocycles. The minimum absolute atomic E-state index is 0.0145. The predicted octanol–water partition coefficient (Wildman–Crippen LogP) is 1.56. The molecule has 7 nitrogen and oxygen atoms in total. The van der Waals surface area contributed by atoms with Gasteiger partial charge in [0.15, 0.2) is 5.69 Å². The molecule has 0 saturated heterocycles. The zero-order chi connectivity index (χ0) is 15.2. The Morgan fingerprint density at radius 3 is 2.76 bits per heavy atom. The van der Waals surface area contributed by atoms with Crippen LogP contribution in [0.3, 0.4) is 0 Å². The van der Waals surface area contributed by atoms with Crippen molar-refractivity contribution in [2.45, 2.75) is 44.7 Å². The van der Waals surface area contributed by atoms with Gasteiger partial charge < -0.3 is 19.9 Å². The highest BCUT2D eigenvalue weighted by molar-refractivity contribution is 5.84. The highest BCUT2D eigenvalue weighted by Crippen LogP contribution is 2.21. The predicted molar refractivity (Wildman–Crippen MR) is 77.2 cm³/mol. The van der Waals surface area contributed by atoms with Crippen LogP contribution in [-0.4, -0.2) is 51.2 Å². The van der Waals surface area contributed by atoms with Crippen LogP contribution in [0.1, 0.15) is 42.6 Å². The molecule has 0 radical (unpaired) electrons. The fraction of sp³-hybridized carbons (Fsp3) is 0.643. The van der Waals surface area contributed by atoms with Crippen LogP contribution in [0.25, 0.3) is 0 Å². The standard InChI is InChI=1S/C14H22N4O3/c1-17(11-5-3-2-4-6-11)14(21)15-7-8-18-9-12(13(19)20)16-10-18/h9-11H,2-8H2,1H3,(H,15,21)(H,19,20). The van der Waals surface area contributed by atoms with Gasteiger partial charge in [0.2, 0.25) is 0 Å². The van der Waals surface area contributed by atoms with E-state index in [0.29, 0.717) is 19.1 Å². The zero-order valence-corrected chi connectivity index (χ0v) is 12.3. The molecule has 2 rings (SSSR count). The monoisotopic (exact) mass is 294 g/mol. The minimum atomic E-state index is -1.05. The average molecular weight is 294 g/mol. The highest BCUT2D eigenvalue weighted by atomic mass is 16.4. The van der Waals surface area contributed by atoms with Crippen molar-refractivity contribution in [1.29, 1.82) is 0 Å². The Kier molecular flexibility index (Phi) is 5.19. The second-order valence-corrected chi connectivity index (χ2v) is 5.44. The maximum Gasteiger partial charge on any atom is 0.356 e. The SMILES string of the molecule is CN(C(=O)NCCn1cnc(C(=O)O)c1)C1CCCCC1. The van der Waals surface area contributed by atoms with Crippen LogP contribution >= 0.6 is 0 Å². The second-order valence-electron chi connectivity index (χ2n) is 5.44. The molecular formula is C14H22N4O3. The largest absolute Gasteiger partial charge is 0.476 e. The van der Waals surface area contributed by atoms with E-state index in [1.165, 1.54) is 31.8 Å². The van der Waals surface area contributed by atoms with Gasteiger partial charge in [-0.3, -0.25) is 0 Å². The average Bonchev–Trinajstić information content (AvgIpc) is 2.96. The van der Waals surface area contributed by atoms with E-state index in [1.54, 1.807) is 9.47 Å². The number of carboxylic acids is 1. The maximum atomic E-state index is 12.0. The lowest BCUT2D eigenvalue weighted by Crippen LogP contribution is -2.45. The fourth-order valence-corrected chi connectivity index (χ4v) is 2.64. The Hall–Kier alpha value is -2.05. The topological polar surface area (TPSA) is 87.5 Å². The van der Waals surface area contributed by atoms with Crippen LogP contribution in [0.4, 0.5) is 4.79 Å². The van der Waals surface area contributed by atoms with Crippen molar-refractivity contribution < 1.29 is 14.7 Å². The lowest BCUT2D eigenvalue weighted by atomic mass is 9.95. The number of nitrogens with zero attached hydrogens (tertiary/aromatic N) is 3. The Balaban J connectivity index is 1.74. The zero-order valence-electron chi connectivity index (χ0n) is 12.3. The third kappa shape index (κ3) is 4.21. The summed E-state index contributed by atoms with van der Waals surface area (Å²) in [5.41, 5.74) is 0.0145. The van der Waals surface area contributed by atoms with Gasteiger partial charge in [-0.1, -0.05) is 19.3 Å². The molecule has 1 fully saturated rings. The van der Waals surface area contributed by atoms with Crippen LogP contribution in [0.15, 0.2) is 12.5 Å². The van der Waals surface area contributed by atoms with E-state index in [1.807, 2.05) is 7.05 Å². The van der Waals surface area contributed by atoms with E-state index in [2.05, 4.69) is 10.3 Å². The molecular weight excluding hydrogens is 272 g/mol. The number of rotatable bonds is 5. The molecule has 1 aliphatic rings. The molecule has 0 spiro atoms. The lowest BCUT2D eigenvalue weighted by Gasteiger charge is -2.31. The molecule has 1 aromatic rings. The van der Waals surface area contributed by atoms with Gasteiger partial charge in [-0.25, -0.2) is 14.6 Å². The molecule has 2 N–H and O–H groups in total. The number of imidazole rings is 1. The Morgan fingerprint density at radius 1 is 1.43 bits per heavy atom. The molecule has 0 unspecified atom stereocenters. The number of amides is 2. The van der Waals surface area contributed by atoms with Crippen molar-refractivity contribution in [3.05, 3.63) is 18.2 Å². The summed E-state index contributed by atoms with van der Waals surface area (Å²) in [4.78, 5) is 28.3. The lowest BCUT2D eigenvalue weighted by molar-refractivity contribution is 0.0691. The number of urea groups is 1. The smallest absolute Gasteiger partial charge is 0.356 e. The third-order valence-corrected chi connectivity index (χ3v) is 3.94. The van der Waals surface area contributed by atoms with Gasteiger partial charge in [-0.15, -0.1) is 0 Å². The van der Waals surface area contributed by atoms with Crippen molar-refractivity contribution >= 4 is 12.0 Å². The second kappa shape index (κ2) is 7.10. The summed E-state index contributed by atoms with van der Waals surface area (Å²) in [6.07, 6.45) is 8.71. The number of hydrogen-bond acceptors (Lipinski definition) is 3. The summed E-state index contributed by atoms with van der Waals surface area (Å²) in [6.45, 7) is 0.954. The van der Waals surface area contributed by atoms with E-state index in [4.69, 9.17) is 5.11 Å². The van der Waals surface area contributed by atoms with Crippen molar-refractivity contribution in [2.75, 3.05) is 13.6 Å². The molecule has 0 aliphatic heterocycles.